The third-order valence-corrected chi connectivity index (χ3v) is 4.66. The van der Waals surface area contributed by atoms with E-state index in [9.17, 15) is 9.18 Å². The Morgan fingerprint density at radius 2 is 1.61 bits per heavy atom. The lowest BCUT2D eigenvalue weighted by atomic mass is 10.2. The van der Waals surface area contributed by atoms with E-state index in [1.54, 1.807) is 23.1 Å². The van der Waals surface area contributed by atoms with Crippen LogP contribution in [0.5, 0.6) is 17.2 Å². The van der Waals surface area contributed by atoms with Crippen molar-refractivity contribution < 1.29 is 23.4 Å². The van der Waals surface area contributed by atoms with Crippen LogP contribution < -0.4 is 24.4 Å². The molecular formula is C20H24FN3O4. The van der Waals surface area contributed by atoms with Gasteiger partial charge in [-0.3, -0.25) is 0 Å². The van der Waals surface area contributed by atoms with Crippen LogP contribution in [0, 0.1) is 5.82 Å². The fourth-order valence-corrected chi connectivity index (χ4v) is 3.20. The van der Waals surface area contributed by atoms with E-state index >= 15 is 0 Å². The first-order chi connectivity index (χ1) is 13.5. The van der Waals surface area contributed by atoms with Crippen LogP contribution >= 0.6 is 0 Å². The number of hydrogen-bond donors (Lipinski definition) is 1. The van der Waals surface area contributed by atoms with Gasteiger partial charge in [0.05, 0.1) is 27.0 Å². The number of halogens is 1. The molecule has 150 valence electrons. The molecule has 3 rings (SSSR count). The highest BCUT2D eigenvalue weighted by Gasteiger charge is 2.22. The summed E-state index contributed by atoms with van der Waals surface area (Å²) in [4.78, 5) is 16.4. The standard InChI is InChI=1S/C20H24FN3O4/c1-26-17-12-15(13-18(27-2)19(17)28-3)22-20(25)24-9-7-23(8-10-24)16-6-4-5-14(21)11-16/h4-6,11-13H,7-10H2,1-3H3,(H,22,25). The Balaban J connectivity index is 1.64. The van der Waals surface area contributed by atoms with Crippen LogP contribution in [0.2, 0.25) is 0 Å². The summed E-state index contributed by atoms with van der Waals surface area (Å²) in [7, 11) is 4.57. The molecule has 8 heteroatoms. The van der Waals surface area contributed by atoms with E-state index in [4.69, 9.17) is 14.2 Å². The average Bonchev–Trinajstić information content (AvgIpc) is 2.73. The van der Waals surface area contributed by atoms with Gasteiger partial charge in [0.1, 0.15) is 5.82 Å². The Labute approximate surface area is 163 Å². The highest BCUT2D eigenvalue weighted by Crippen LogP contribution is 2.40. The summed E-state index contributed by atoms with van der Waals surface area (Å²) in [5.41, 5.74) is 1.37. The predicted octanol–water partition coefficient (Wildman–Crippen LogP) is 3.21. The van der Waals surface area contributed by atoms with Crippen molar-refractivity contribution >= 4 is 17.4 Å². The van der Waals surface area contributed by atoms with Crippen molar-refractivity contribution in [1.82, 2.24) is 4.90 Å². The third kappa shape index (κ3) is 4.21. The van der Waals surface area contributed by atoms with Gasteiger partial charge in [0.15, 0.2) is 11.5 Å². The van der Waals surface area contributed by atoms with Gasteiger partial charge in [0, 0.05) is 44.0 Å². The second kappa shape index (κ2) is 8.69. The maximum absolute atomic E-state index is 13.4. The number of nitrogens with one attached hydrogen (secondary N) is 1. The van der Waals surface area contributed by atoms with Gasteiger partial charge in [-0.25, -0.2) is 9.18 Å². The number of rotatable bonds is 5. The number of anilines is 2. The van der Waals surface area contributed by atoms with Crippen LogP contribution in [0.1, 0.15) is 0 Å². The van der Waals surface area contributed by atoms with Crippen molar-refractivity contribution in [2.45, 2.75) is 0 Å². The van der Waals surface area contributed by atoms with Crippen LogP contribution in [0.25, 0.3) is 0 Å². The summed E-state index contributed by atoms with van der Waals surface area (Å²) in [6.07, 6.45) is 0. The molecule has 0 saturated carbocycles. The van der Waals surface area contributed by atoms with Crippen molar-refractivity contribution in [2.24, 2.45) is 0 Å². The van der Waals surface area contributed by atoms with E-state index in [1.807, 2.05) is 6.07 Å². The molecule has 1 aliphatic rings. The second-order valence-electron chi connectivity index (χ2n) is 6.30. The molecule has 0 aromatic heterocycles. The zero-order chi connectivity index (χ0) is 20.1. The molecular weight excluding hydrogens is 365 g/mol. The minimum absolute atomic E-state index is 0.215. The molecule has 0 radical (unpaired) electrons. The van der Waals surface area contributed by atoms with E-state index in [1.165, 1.54) is 33.5 Å². The minimum atomic E-state index is -0.264. The lowest BCUT2D eigenvalue weighted by molar-refractivity contribution is 0.208. The smallest absolute Gasteiger partial charge is 0.321 e. The van der Waals surface area contributed by atoms with Gasteiger partial charge in [-0.1, -0.05) is 6.07 Å². The summed E-state index contributed by atoms with van der Waals surface area (Å²) in [5, 5.41) is 2.87. The Kier molecular flexibility index (Phi) is 6.08. The van der Waals surface area contributed by atoms with E-state index in [0.29, 0.717) is 49.1 Å². The highest BCUT2D eigenvalue weighted by molar-refractivity contribution is 5.90. The molecule has 2 aromatic carbocycles. The third-order valence-electron chi connectivity index (χ3n) is 4.66. The van der Waals surface area contributed by atoms with E-state index < -0.39 is 0 Å². The summed E-state index contributed by atoms with van der Waals surface area (Å²) < 4.78 is 29.3. The normalized spacial score (nSPS) is 13.9. The van der Waals surface area contributed by atoms with Crippen LogP contribution in [-0.2, 0) is 0 Å². The average molecular weight is 389 g/mol. The molecule has 0 aliphatic carbocycles. The van der Waals surface area contributed by atoms with Gasteiger partial charge in [-0.05, 0) is 18.2 Å². The summed E-state index contributed by atoms with van der Waals surface area (Å²) in [5.74, 6) is 1.13. The molecule has 0 bridgehead atoms. The number of amides is 2. The van der Waals surface area contributed by atoms with Gasteiger partial charge in [0.25, 0.3) is 0 Å². The molecule has 1 N–H and O–H groups in total. The lowest BCUT2D eigenvalue weighted by Gasteiger charge is -2.36. The van der Waals surface area contributed by atoms with Crippen molar-refractivity contribution in [1.29, 1.82) is 0 Å². The number of benzene rings is 2. The van der Waals surface area contributed by atoms with E-state index in [0.717, 1.165) is 5.69 Å². The molecule has 2 aromatic rings. The molecule has 2 amide bonds. The fraction of sp³-hybridized carbons (Fsp3) is 0.350. The van der Waals surface area contributed by atoms with Crippen LogP contribution in [0.3, 0.4) is 0 Å². The van der Waals surface area contributed by atoms with Crippen LogP contribution in [-0.4, -0.2) is 58.4 Å². The zero-order valence-electron chi connectivity index (χ0n) is 16.2. The molecule has 1 fully saturated rings. The number of nitrogens with zero attached hydrogens (tertiary/aromatic N) is 2. The Bertz CT molecular complexity index is 813. The molecule has 0 unspecified atom stereocenters. The molecule has 7 nitrogen and oxygen atoms in total. The fourth-order valence-electron chi connectivity index (χ4n) is 3.20. The summed E-state index contributed by atoms with van der Waals surface area (Å²) >= 11 is 0. The first kappa shape index (κ1) is 19.6. The Morgan fingerprint density at radius 1 is 0.964 bits per heavy atom. The SMILES string of the molecule is COc1cc(NC(=O)N2CCN(c3cccc(F)c3)CC2)cc(OC)c1OC. The number of piperazine rings is 1. The highest BCUT2D eigenvalue weighted by atomic mass is 19.1. The van der Waals surface area contributed by atoms with Crippen molar-refractivity contribution in [3.63, 3.8) is 0 Å². The minimum Gasteiger partial charge on any atom is -0.493 e. The summed E-state index contributed by atoms with van der Waals surface area (Å²) in [6.45, 7) is 2.33. The molecule has 1 heterocycles. The van der Waals surface area contributed by atoms with Gasteiger partial charge in [-0.2, -0.15) is 0 Å². The molecule has 0 atom stereocenters. The maximum Gasteiger partial charge on any atom is 0.321 e. The number of carbonyl (C=O) groups is 1. The number of ether oxygens (including phenoxy) is 3. The number of hydrogen-bond acceptors (Lipinski definition) is 5. The Hall–Kier alpha value is -3.16. The molecule has 0 spiro atoms. The molecule has 1 aliphatic heterocycles. The van der Waals surface area contributed by atoms with Crippen molar-refractivity contribution in [3.8, 4) is 17.2 Å². The first-order valence-electron chi connectivity index (χ1n) is 8.92. The summed E-state index contributed by atoms with van der Waals surface area (Å²) in [6, 6.07) is 9.64. The quantitative estimate of drug-likeness (QED) is 0.851. The zero-order valence-corrected chi connectivity index (χ0v) is 16.2. The van der Waals surface area contributed by atoms with Gasteiger partial charge in [-0.15, -0.1) is 0 Å². The van der Waals surface area contributed by atoms with Gasteiger partial charge in [0.2, 0.25) is 5.75 Å². The van der Waals surface area contributed by atoms with Crippen LogP contribution in [0.15, 0.2) is 36.4 Å². The topological polar surface area (TPSA) is 63.3 Å². The first-order valence-corrected chi connectivity index (χ1v) is 8.92. The number of methoxy groups -OCH3 is 3. The second-order valence-corrected chi connectivity index (χ2v) is 6.30. The molecule has 1 saturated heterocycles. The predicted molar refractivity (Wildman–Crippen MR) is 105 cm³/mol. The number of carbonyl (C=O) groups excluding carboxylic acids is 1. The van der Waals surface area contributed by atoms with E-state index in [-0.39, 0.29) is 11.8 Å². The lowest BCUT2D eigenvalue weighted by Crippen LogP contribution is -2.50. The van der Waals surface area contributed by atoms with E-state index in [2.05, 4.69) is 10.2 Å². The van der Waals surface area contributed by atoms with Gasteiger partial charge < -0.3 is 29.3 Å². The monoisotopic (exact) mass is 389 g/mol. The van der Waals surface area contributed by atoms with Crippen molar-refractivity contribution in [3.05, 3.63) is 42.2 Å². The van der Waals surface area contributed by atoms with Gasteiger partial charge >= 0.3 is 6.03 Å². The largest absolute Gasteiger partial charge is 0.493 e. The maximum atomic E-state index is 13.4. The van der Waals surface area contributed by atoms with Crippen LogP contribution in [0.4, 0.5) is 20.6 Å². The number of urea groups is 1. The Morgan fingerprint density at radius 3 is 2.14 bits per heavy atom. The van der Waals surface area contributed by atoms with Crippen molar-refractivity contribution in [2.75, 3.05) is 57.7 Å². The molecule has 28 heavy (non-hydrogen) atoms.